The number of hydrogen-bond acceptors (Lipinski definition) is 10. The Bertz CT molecular complexity index is 1550. The van der Waals surface area contributed by atoms with Crippen LogP contribution in [-0.2, 0) is 17.5 Å². The van der Waals surface area contributed by atoms with Crippen molar-refractivity contribution >= 4 is 35.4 Å². The number of ether oxygens (including phenoxy) is 1. The van der Waals surface area contributed by atoms with Crippen LogP contribution >= 0.6 is 11.8 Å². The summed E-state index contributed by atoms with van der Waals surface area (Å²) in [5.41, 5.74) is -1.80. The summed E-state index contributed by atoms with van der Waals surface area (Å²) in [5.74, 6) is -0.465. The van der Waals surface area contributed by atoms with E-state index in [1.807, 2.05) is 4.90 Å². The first-order valence-corrected chi connectivity index (χ1v) is 14.4. The van der Waals surface area contributed by atoms with Crippen LogP contribution in [0.1, 0.15) is 18.1 Å². The maximum atomic E-state index is 12.7. The van der Waals surface area contributed by atoms with Gasteiger partial charge in [-0.05, 0) is 58.4 Å². The largest absolute Gasteiger partial charge is 0.445 e. The molecule has 0 bridgehead atoms. The van der Waals surface area contributed by atoms with Crippen molar-refractivity contribution in [3.8, 4) is 0 Å². The van der Waals surface area contributed by atoms with Gasteiger partial charge in [-0.2, -0.15) is 13.2 Å². The van der Waals surface area contributed by atoms with E-state index in [4.69, 9.17) is 4.74 Å². The second-order valence-corrected chi connectivity index (χ2v) is 11.5. The van der Waals surface area contributed by atoms with Gasteiger partial charge in [-0.25, -0.2) is 4.79 Å². The summed E-state index contributed by atoms with van der Waals surface area (Å²) in [7, 11) is 0. The fraction of sp³-hybridized carbons (Fsp3) is 0.357. The summed E-state index contributed by atoms with van der Waals surface area (Å²) in [6.45, 7) is 3.00. The molecule has 1 saturated heterocycles. The van der Waals surface area contributed by atoms with Gasteiger partial charge >= 0.3 is 18.1 Å². The van der Waals surface area contributed by atoms with E-state index in [2.05, 4.69) is 4.98 Å². The quantitative estimate of drug-likeness (QED) is 0.219. The topological polar surface area (TPSA) is 157 Å². The highest BCUT2D eigenvalue weighted by atomic mass is 32.2. The van der Waals surface area contributed by atoms with Gasteiger partial charge in [-0.3, -0.25) is 19.6 Å². The number of carbonyl (C=O) groups is 1. The Labute approximate surface area is 259 Å². The molecular weight excluding hydrogens is 621 g/mol. The third kappa shape index (κ3) is 9.26. The van der Waals surface area contributed by atoms with Crippen LogP contribution in [0.4, 0.5) is 29.5 Å². The molecule has 240 valence electrons. The second-order valence-electron chi connectivity index (χ2n) is 10.5. The Balaban J connectivity index is 1.28. The molecule has 2 aromatic carbocycles. The number of alkyl halides is 3. The molecule has 0 spiro atoms. The molecule has 1 atom stereocenters. The minimum absolute atomic E-state index is 0.0711. The van der Waals surface area contributed by atoms with E-state index >= 15 is 0 Å². The number of amides is 1. The average molecular weight is 651 g/mol. The maximum Gasteiger partial charge on any atom is 0.416 e. The predicted molar refractivity (Wildman–Crippen MR) is 157 cm³/mol. The zero-order valence-corrected chi connectivity index (χ0v) is 24.7. The molecule has 1 amide bonds. The van der Waals surface area contributed by atoms with Gasteiger partial charge in [0.25, 0.3) is 10.8 Å². The number of hydrogen-bond donors (Lipinski definition) is 1. The minimum Gasteiger partial charge on any atom is -0.445 e. The molecule has 45 heavy (non-hydrogen) atoms. The first-order chi connectivity index (χ1) is 21.2. The third-order valence-electron chi connectivity index (χ3n) is 6.73. The number of aromatic nitrogens is 2. The molecule has 1 fully saturated rings. The van der Waals surface area contributed by atoms with Crippen LogP contribution < -0.4 is 0 Å². The highest BCUT2D eigenvalue weighted by Gasteiger charge is 2.32. The summed E-state index contributed by atoms with van der Waals surface area (Å²) >= 11 is 0.883. The van der Waals surface area contributed by atoms with E-state index in [1.165, 1.54) is 52.1 Å². The standard InChI is InChI=1S/C28H29F3N6O7S/c1-27(39,19-35-17-24(37(42)43)32-25(35)45-23-7-3-2-6-22(23)36(40)41)18-33-12-14-34(15-13-33)26(38)44-16-4-5-20-8-10-21(11-9-20)28(29,30)31/h2-11,17,39H,12-16,18-19H2,1H3. The molecule has 0 aliphatic carbocycles. The molecule has 3 aromatic rings. The lowest BCUT2D eigenvalue weighted by Gasteiger charge is -2.37. The number of β-amino-alcohol motifs (C(OH)–C–C–N with tert-alkyl or cyclic N) is 1. The Morgan fingerprint density at radius 2 is 1.71 bits per heavy atom. The summed E-state index contributed by atoms with van der Waals surface area (Å²) in [4.78, 5) is 41.7. The van der Waals surface area contributed by atoms with Crippen molar-refractivity contribution in [2.45, 2.75) is 35.3 Å². The number of imidazole rings is 1. The van der Waals surface area contributed by atoms with Crippen molar-refractivity contribution < 1.29 is 37.7 Å². The van der Waals surface area contributed by atoms with Crippen molar-refractivity contribution in [3.63, 3.8) is 0 Å². The van der Waals surface area contributed by atoms with Crippen LogP contribution in [-0.4, -0.2) is 85.3 Å². The predicted octanol–water partition coefficient (Wildman–Crippen LogP) is 5.09. The van der Waals surface area contributed by atoms with Crippen LogP contribution in [0.5, 0.6) is 0 Å². The Kier molecular flexibility index (Phi) is 10.5. The van der Waals surface area contributed by atoms with Crippen LogP contribution in [0.2, 0.25) is 0 Å². The number of para-hydroxylation sites is 1. The lowest BCUT2D eigenvalue weighted by Crippen LogP contribution is -2.53. The van der Waals surface area contributed by atoms with E-state index in [1.54, 1.807) is 19.1 Å². The molecule has 1 unspecified atom stereocenters. The number of nitro benzene ring substituents is 1. The van der Waals surface area contributed by atoms with Gasteiger partial charge in [-0.15, -0.1) is 0 Å². The molecule has 4 rings (SSSR count). The zero-order chi connectivity index (χ0) is 32.8. The van der Waals surface area contributed by atoms with Gasteiger partial charge in [0.1, 0.15) is 12.8 Å². The minimum atomic E-state index is -4.42. The molecule has 2 heterocycles. The maximum absolute atomic E-state index is 12.7. The molecule has 1 aliphatic rings. The molecule has 1 aromatic heterocycles. The lowest BCUT2D eigenvalue weighted by atomic mass is 10.1. The molecule has 1 N–H and O–H groups in total. The number of piperazine rings is 1. The Morgan fingerprint density at radius 1 is 1.04 bits per heavy atom. The van der Waals surface area contributed by atoms with Gasteiger partial charge in [-0.1, -0.05) is 30.3 Å². The van der Waals surface area contributed by atoms with E-state index in [-0.39, 0.29) is 35.4 Å². The average Bonchev–Trinajstić information content (AvgIpc) is 3.37. The number of nitrogens with zero attached hydrogens (tertiary/aromatic N) is 6. The van der Waals surface area contributed by atoms with E-state index < -0.39 is 39.1 Å². The molecule has 13 nitrogen and oxygen atoms in total. The summed E-state index contributed by atoms with van der Waals surface area (Å²) in [5, 5.41) is 34.2. The number of halogens is 3. The summed E-state index contributed by atoms with van der Waals surface area (Å²) < 4.78 is 44.7. The number of benzene rings is 2. The van der Waals surface area contributed by atoms with Gasteiger partial charge in [0.15, 0.2) is 0 Å². The van der Waals surface area contributed by atoms with Crippen molar-refractivity contribution in [3.05, 3.63) is 92.2 Å². The smallest absolute Gasteiger partial charge is 0.416 e. The molecule has 17 heteroatoms. The van der Waals surface area contributed by atoms with Crippen molar-refractivity contribution in [2.75, 3.05) is 39.3 Å². The highest BCUT2D eigenvalue weighted by molar-refractivity contribution is 7.99. The van der Waals surface area contributed by atoms with E-state index in [0.717, 1.165) is 23.9 Å². The fourth-order valence-electron chi connectivity index (χ4n) is 4.63. The first kappa shape index (κ1) is 33.4. The van der Waals surface area contributed by atoms with Crippen LogP contribution in [0.3, 0.4) is 0 Å². The van der Waals surface area contributed by atoms with Gasteiger partial charge in [0.2, 0.25) is 0 Å². The first-order valence-electron chi connectivity index (χ1n) is 13.5. The molecule has 0 saturated carbocycles. The summed E-state index contributed by atoms with van der Waals surface area (Å²) in [6.07, 6.45) is -0.726. The van der Waals surface area contributed by atoms with Crippen molar-refractivity contribution in [1.82, 2.24) is 19.4 Å². The fourth-order valence-corrected chi connectivity index (χ4v) is 5.59. The van der Waals surface area contributed by atoms with Crippen LogP contribution in [0.25, 0.3) is 6.08 Å². The van der Waals surface area contributed by atoms with Crippen molar-refractivity contribution in [1.29, 1.82) is 0 Å². The van der Waals surface area contributed by atoms with Crippen LogP contribution in [0, 0.1) is 20.2 Å². The second kappa shape index (κ2) is 14.1. The molecule has 0 radical (unpaired) electrons. The van der Waals surface area contributed by atoms with Gasteiger partial charge in [0.05, 0.1) is 27.5 Å². The highest BCUT2D eigenvalue weighted by Crippen LogP contribution is 2.35. The molecule has 1 aliphatic heterocycles. The SMILES string of the molecule is CC(O)(CN1CCN(C(=O)OCC=Cc2ccc(C(F)(F)F)cc2)CC1)Cn1cc([N+](=O)[O-])nc1Sc1ccccc1[N+](=O)[O-]. The van der Waals surface area contributed by atoms with E-state index in [9.17, 15) is 43.3 Å². The van der Waals surface area contributed by atoms with Gasteiger partial charge < -0.3 is 24.9 Å². The number of carbonyl (C=O) groups excluding carboxylic acids is 1. The Hall–Kier alpha value is -4.48. The number of nitro groups is 2. The number of rotatable bonds is 11. The number of aliphatic hydroxyl groups is 1. The Morgan fingerprint density at radius 3 is 2.33 bits per heavy atom. The van der Waals surface area contributed by atoms with Crippen molar-refractivity contribution in [2.24, 2.45) is 0 Å². The zero-order valence-electron chi connectivity index (χ0n) is 23.9. The third-order valence-corrected chi connectivity index (χ3v) is 7.81. The lowest BCUT2D eigenvalue weighted by molar-refractivity contribution is -0.389. The van der Waals surface area contributed by atoms with E-state index in [0.29, 0.717) is 31.7 Å². The summed E-state index contributed by atoms with van der Waals surface area (Å²) in [6, 6.07) is 10.5. The normalized spacial score (nSPS) is 15.6. The van der Waals surface area contributed by atoms with Gasteiger partial charge in [0, 0.05) is 38.8 Å². The molecular formula is C28H29F3N6O7S. The van der Waals surface area contributed by atoms with Crippen LogP contribution in [0.15, 0.2) is 70.9 Å². The monoisotopic (exact) mass is 650 g/mol.